The second-order valence-electron chi connectivity index (χ2n) is 19.6. The van der Waals surface area contributed by atoms with Gasteiger partial charge in [0.2, 0.25) is 23.6 Å². The van der Waals surface area contributed by atoms with Gasteiger partial charge in [-0.2, -0.15) is 0 Å². The molecule has 2 aliphatic heterocycles. The number of carbonyl (C=O) groups excluding carboxylic acids is 4. The number of benzene rings is 3. The molecule has 4 heterocycles. The van der Waals surface area contributed by atoms with Crippen molar-refractivity contribution in [2.75, 3.05) is 13.1 Å². The molecule has 5 saturated carbocycles. The van der Waals surface area contributed by atoms with Gasteiger partial charge in [0, 0.05) is 42.2 Å². The summed E-state index contributed by atoms with van der Waals surface area (Å²) in [6.07, 6.45) is 17.5. The molecule has 64 heavy (non-hydrogen) atoms. The predicted molar refractivity (Wildman–Crippen MR) is 241 cm³/mol. The highest BCUT2D eigenvalue weighted by atomic mass is 16.2. The number of aromatic nitrogens is 4. The van der Waals surface area contributed by atoms with E-state index in [1.165, 1.54) is 11.3 Å². The van der Waals surface area contributed by atoms with Crippen molar-refractivity contribution in [2.45, 2.75) is 125 Å². The smallest absolute Gasteiger partial charge is 0.250 e. The van der Waals surface area contributed by atoms with Gasteiger partial charge in [-0.3, -0.25) is 19.2 Å². The summed E-state index contributed by atoms with van der Waals surface area (Å²) in [6, 6.07) is 26.5. The zero-order valence-corrected chi connectivity index (χ0v) is 36.4. The fourth-order valence-corrected chi connectivity index (χ4v) is 11.5. The lowest BCUT2D eigenvalue weighted by Crippen LogP contribution is -2.46. The van der Waals surface area contributed by atoms with Crippen molar-refractivity contribution in [1.82, 2.24) is 40.4 Å². The van der Waals surface area contributed by atoms with Gasteiger partial charge < -0.3 is 30.4 Å². The Labute approximate surface area is 374 Å². The van der Waals surface area contributed by atoms with Crippen LogP contribution in [-0.2, 0) is 30.0 Å². The van der Waals surface area contributed by atoms with Crippen LogP contribution >= 0.6 is 0 Å². The fourth-order valence-electron chi connectivity index (χ4n) is 11.5. The van der Waals surface area contributed by atoms with E-state index in [0.29, 0.717) is 13.1 Å². The summed E-state index contributed by atoms with van der Waals surface area (Å²) in [7, 11) is 0. The van der Waals surface area contributed by atoms with Crippen LogP contribution in [0.3, 0.4) is 0 Å². The molecule has 2 saturated heterocycles. The minimum atomic E-state index is -0.717. The van der Waals surface area contributed by atoms with Crippen molar-refractivity contribution < 1.29 is 19.2 Å². The second-order valence-corrected chi connectivity index (χ2v) is 19.6. The number of hydrogen-bond donors (Lipinski definition) is 4. The Hall–Kier alpha value is -6.04. The Morgan fingerprint density at radius 3 is 1.53 bits per heavy atom. The zero-order valence-electron chi connectivity index (χ0n) is 36.4. The molecule has 3 aromatic carbocycles. The van der Waals surface area contributed by atoms with Gasteiger partial charge in [-0.15, -0.1) is 0 Å². The largest absolute Gasteiger partial charge is 0.344 e. The van der Waals surface area contributed by atoms with Gasteiger partial charge >= 0.3 is 0 Å². The Bertz CT molecular complexity index is 2500. The Morgan fingerprint density at radius 1 is 0.562 bits per heavy atom. The molecule has 0 radical (unpaired) electrons. The quantitative estimate of drug-likeness (QED) is 0.0936. The molecule has 5 aliphatic carbocycles. The first-order valence-electron chi connectivity index (χ1n) is 23.8. The third kappa shape index (κ3) is 7.62. The number of nitrogens with one attached hydrogen (secondary N) is 4. The topological polar surface area (TPSA) is 156 Å². The van der Waals surface area contributed by atoms with E-state index in [1.807, 2.05) is 82.9 Å². The van der Waals surface area contributed by atoms with E-state index in [2.05, 4.69) is 44.9 Å². The van der Waals surface area contributed by atoms with E-state index in [-0.39, 0.29) is 58.4 Å². The van der Waals surface area contributed by atoms with Crippen LogP contribution in [0.15, 0.2) is 97.3 Å². The number of carbonyl (C=O) groups is 4. The molecule has 4 N–H and O–H groups in total. The SMILES string of the molecule is O=C(N[C@@H](C(=O)N1CCC[C@H]1c1ncc(-c2ccc(C34CCC(c5cnc([C@@H]6CCCN6C(=O)[C@H](NC(=O)C6CC6)c6ccccc6)[nH]5)(CC3)CC4)cc2)[nH]1)c1ccccc1)C1CC1. The van der Waals surface area contributed by atoms with Crippen LogP contribution < -0.4 is 10.6 Å². The van der Waals surface area contributed by atoms with Crippen molar-refractivity contribution in [3.05, 3.63) is 131 Å². The molecule has 4 atom stereocenters. The van der Waals surface area contributed by atoms with Gasteiger partial charge in [-0.25, -0.2) is 9.97 Å². The summed E-state index contributed by atoms with van der Waals surface area (Å²) in [5.74, 6) is 1.45. The van der Waals surface area contributed by atoms with Crippen LogP contribution in [0.25, 0.3) is 11.3 Å². The van der Waals surface area contributed by atoms with Crippen molar-refractivity contribution in [3.63, 3.8) is 0 Å². The molecular formula is C52H58N8O4. The maximum Gasteiger partial charge on any atom is 0.250 e. The number of imidazole rings is 2. The molecule has 4 amide bonds. The summed E-state index contributed by atoms with van der Waals surface area (Å²) in [4.78, 5) is 75.2. The molecule has 330 valence electrons. The van der Waals surface area contributed by atoms with Crippen LogP contribution in [0.4, 0.5) is 0 Å². The lowest BCUT2D eigenvalue weighted by molar-refractivity contribution is -0.138. The molecule has 12 nitrogen and oxygen atoms in total. The van der Waals surface area contributed by atoms with Crippen LogP contribution in [0.2, 0.25) is 0 Å². The maximum absolute atomic E-state index is 14.3. The van der Waals surface area contributed by atoms with E-state index in [4.69, 9.17) is 9.97 Å². The molecule has 5 aromatic rings. The van der Waals surface area contributed by atoms with Crippen LogP contribution in [-0.4, -0.2) is 66.5 Å². The number of H-pyrrole nitrogens is 2. The average molecular weight is 859 g/mol. The summed E-state index contributed by atoms with van der Waals surface area (Å²) in [5.41, 5.74) is 6.40. The molecule has 12 rings (SSSR count). The van der Waals surface area contributed by atoms with E-state index in [9.17, 15) is 19.2 Å². The van der Waals surface area contributed by atoms with Gasteiger partial charge in [-0.05, 0) is 118 Å². The highest BCUT2D eigenvalue weighted by Gasteiger charge is 2.51. The first kappa shape index (κ1) is 40.7. The van der Waals surface area contributed by atoms with Gasteiger partial charge in [-0.1, -0.05) is 84.9 Å². The van der Waals surface area contributed by atoms with E-state index in [1.54, 1.807) is 0 Å². The first-order valence-corrected chi connectivity index (χ1v) is 23.8. The average Bonchev–Trinajstić information content (AvgIpc) is 4.10. The van der Waals surface area contributed by atoms with E-state index < -0.39 is 12.1 Å². The van der Waals surface area contributed by atoms with Crippen molar-refractivity contribution >= 4 is 23.6 Å². The highest BCUT2D eigenvalue weighted by Crippen LogP contribution is 2.58. The van der Waals surface area contributed by atoms with E-state index in [0.717, 1.165) is 124 Å². The molecule has 7 fully saturated rings. The number of aromatic amines is 2. The van der Waals surface area contributed by atoms with Crippen molar-refractivity contribution in [3.8, 4) is 11.3 Å². The summed E-state index contributed by atoms with van der Waals surface area (Å²) < 4.78 is 0. The lowest BCUT2D eigenvalue weighted by Gasteiger charge is -2.53. The number of rotatable bonds is 13. The predicted octanol–water partition coefficient (Wildman–Crippen LogP) is 8.21. The fraction of sp³-hybridized carbons (Fsp3) is 0.462. The molecule has 0 spiro atoms. The summed E-state index contributed by atoms with van der Waals surface area (Å²) in [6.45, 7) is 1.27. The Morgan fingerprint density at radius 2 is 1.03 bits per heavy atom. The Kier molecular flexibility index (Phi) is 10.5. The van der Waals surface area contributed by atoms with Crippen LogP contribution in [0.5, 0.6) is 0 Å². The number of amides is 4. The standard InChI is InChI=1S/C52H58N8O4/c61-47(36-15-16-36)57-43(34-9-3-1-4-10-34)49(63)59-29-7-13-40(59)45-53-31-39(55-45)33-19-21-38(22-20-33)51-23-26-52(27-24-51,28-25-51)42-32-54-46(56-42)41-14-8-30-60(41)50(64)44(35-11-5-2-6-12-35)58-48(62)37-17-18-37/h1-6,9-12,19-22,31-32,36-37,40-41,43-44H,7-8,13-18,23-30H2,(H,53,55)(H,54,56)(H,57,61)(H,58,62)/t40-,41-,43+,44+,51?,52?/m0/s1. The molecule has 0 unspecified atom stereocenters. The Balaban J connectivity index is 0.744. The maximum atomic E-state index is 14.3. The van der Waals surface area contributed by atoms with E-state index >= 15 is 0 Å². The minimum Gasteiger partial charge on any atom is -0.344 e. The number of nitrogens with zero attached hydrogens (tertiary/aromatic N) is 4. The van der Waals surface area contributed by atoms with Gasteiger partial charge in [0.25, 0.3) is 0 Å². The highest BCUT2D eigenvalue weighted by molar-refractivity contribution is 5.91. The third-order valence-electron chi connectivity index (χ3n) is 15.7. The van der Waals surface area contributed by atoms with Crippen molar-refractivity contribution in [2.24, 2.45) is 11.8 Å². The monoisotopic (exact) mass is 858 g/mol. The molecule has 7 aliphatic rings. The molecule has 2 bridgehead atoms. The minimum absolute atomic E-state index is 0.0102. The number of hydrogen-bond acceptors (Lipinski definition) is 6. The zero-order chi connectivity index (χ0) is 43.4. The van der Waals surface area contributed by atoms with Crippen molar-refractivity contribution in [1.29, 1.82) is 0 Å². The normalized spacial score (nSPS) is 26.1. The lowest BCUT2D eigenvalue weighted by atomic mass is 9.51. The van der Waals surface area contributed by atoms with Crippen LogP contribution in [0.1, 0.15) is 148 Å². The third-order valence-corrected chi connectivity index (χ3v) is 15.7. The van der Waals surface area contributed by atoms with Gasteiger partial charge in [0.15, 0.2) is 0 Å². The second kappa shape index (κ2) is 16.5. The van der Waals surface area contributed by atoms with Crippen LogP contribution in [0, 0.1) is 11.8 Å². The van der Waals surface area contributed by atoms with Gasteiger partial charge in [0.1, 0.15) is 23.7 Å². The summed E-state index contributed by atoms with van der Waals surface area (Å²) >= 11 is 0. The molecule has 12 heteroatoms. The summed E-state index contributed by atoms with van der Waals surface area (Å²) in [5, 5.41) is 6.17. The molecule has 2 aromatic heterocycles. The van der Waals surface area contributed by atoms with Gasteiger partial charge in [0.05, 0.1) is 24.0 Å². The number of likely N-dealkylation sites (tertiary alicyclic amines) is 2. The molecular weight excluding hydrogens is 801 g/mol. The first-order chi connectivity index (χ1) is 31.3. The number of fused-ring (bicyclic) bond motifs is 3.